The average Bonchev–Trinajstić information content (AvgIpc) is 2.90. The van der Waals surface area contributed by atoms with Gasteiger partial charge in [-0.05, 0) is 48.9 Å². The van der Waals surface area contributed by atoms with Gasteiger partial charge in [-0.3, -0.25) is 0 Å². The number of halogens is 1. The van der Waals surface area contributed by atoms with E-state index in [1.54, 1.807) is 49.6 Å². The third-order valence-electron chi connectivity index (χ3n) is 5.17. The molecule has 0 atom stereocenters. The van der Waals surface area contributed by atoms with Crippen molar-refractivity contribution in [3.05, 3.63) is 65.6 Å². The zero-order chi connectivity index (χ0) is 26.4. The van der Waals surface area contributed by atoms with Crippen LogP contribution in [0.3, 0.4) is 0 Å². The first-order valence-corrected chi connectivity index (χ1v) is 11.4. The highest BCUT2D eigenvalue weighted by molar-refractivity contribution is 6.32. The summed E-state index contributed by atoms with van der Waals surface area (Å²) in [4.78, 5) is 29.6. The van der Waals surface area contributed by atoms with E-state index in [0.29, 0.717) is 56.9 Å². The molecule has 0 radical (unpaired) electrons. The number of nitrogens with one attached hydrogen (secondary N) is 3. The lowest BCUT2D eigenvalue weighted by molar-refractivity contribution is 0.262. The van der Waals surface area contributed by atoms with E-state index in [1.165, 1.54) is 20.5 Å². The number of nitrogens with zero attached hydrogens (tertiary/aromatic N) is 4. The number of hydrogen-bond donors (Lipinski definition) is 3. The standard InChI is InChI=1S/C25H24ClN7O4/c1-14-10-15(31-25(34)32-18-11-17(26)20(35-3)12-21(18)36-4)7-8-19(14)37-23-16(6-5-9-28-23)22-29-13-30-24(27-2)33-22/h5-13H,1-4H3,(H2,31,32,34)(H,27,29,30,33). The van der Waals surface area contributed by atoms with E-state index in [9.17, 15) is 4.79 Å². The van der Waals surface area contributed by atoms with Crippen LogP contribution >= 0.6 is 11.6 Å². The Morgan fingerprint density at radius 2 is 1.76 bits per heavy atom. The zero-order valence-corrected chi connectivity index (χ0v) is 21.3. The zero-order valence-electron chi connectivity index (χ0n) is 20.5. The highest BCUT2D eigenvalue weighted by Crippen LogP contribution is 2.36. The summed E-state index contributed by atoms with van der Waals surface area (Å²) in [7, 11) is 4.71. The summed E-state index contributed by atoms with van der Waals surface area (Å²) in [5, 5.41) is 8.74. The first-order valence-electron chi connectivity index (χ1n) is 11.0. The maximum atomic E-state index is 12.6. The summed E-state index contributed by atoms with van der Waals surface area (Å²) in [6, 6.07) is 11.5. The highest BCUT2D eigenvalue weighted by Gasteiger charge is 2.15. The van der Waals surface area contributed by atoms with Crippen molar-refractivity contribution in [1.82, 2.24) is 19.9 Å². The summed E-state index contributed by atoms with van der Waals surface area (Å²) in [5.74, 6) is 2.58. The molecule has 0 bridgehead atoms. The molecular formula is C25H24ClN7O4. The maximum Gasteiger partial charge on any atom is 0.323 e. The molecule has 0 fully saturated rings. The van der Waals surface area contributed by atoms with Gasteiger partial charge in [-0.1, -0.05) is 11.6 Å². The summed E-state index contributed by atoms with van der Waals surface area (Å²) in [5.41, 5.74) is 2.32. The van der Waals surface area contributed by atoms with Crippen LogP contribution in [0.25, 0.3) is 11.4 Å². The molecule has 0 aliphatic heterocycles. The van der Waals surface area contributed by atoms with E-state index in [1.807, 2.05) is 13.0 Å². The van der Waals surface area contributed by atoms with Crippen molar-refractivity contribution >= 4 is 35.0 Å². The smallest absolute Gasteiger partial charge is 0.323 e. The molecule has 12 heteroatoms. The number of rotatable bonds is 8. The van der Waals surface area contributed by atoms with Gasteiger partial charge in [-0.15, -0.1) is 0 Å². The van der Waals surface area contributed by atoms with Crippen LogP contribution in [-0.2, 0) is 0 Å². The number of carbonyl (C=O) groups excluding carboxylic acids is 1. The van der Waals surface area contributed by atoms with Gasteiger partial charge >= 0.3 is 6.03 Å². The number of anilines is 3. The van der Waals surface area contributed by atoms with Crippen LogP contribution in [0.1, 0.15) is 5.56 Å². The molecule has 2 aromatic heterocycles. The van der Waals surface area contributed by atoms with Crippen molar-refractivity contribution < 1.29 is 19.0 Å². The van der Waals surface area contributed by atoms with Gasteiger partial charge < -0.3 is 30.2 Å². The van der Waals surface area contributed by atoms with Crippen molar-refractivity contribution in [2.45, 2.75) is 6.92 Å². The molecule has 0 unspecified atom stereocenters. The molecule has 0 saturated carbocycles. The highest BCUT2D eigenvalue weighted by atomic mass is 35.5. The molecule has 2 heterocycles. The van der Waals surface area contributed by atoms with Gasteiger partial charge in [0.05, 0.1) is 30.5 Å². The fraction of sp³-hybridized carbons (Fsp3) is 0.160. The third-order valence-corrected chi connectivity index (χ3v) is 5.46. The van der Waals surface area contributed by atoms with E-state index in [2.05, 4.69) is 35.9 Å². The van der Waals surface area contributed by atoms with Crippen LogP contribution in [0.15, 0.2) is 55.0 Å². The Hall–Kier alpha value is -4.64. The van der Waals surface area contributed by atoms with Crippen molar-refractivity contribution in [3.8, 4) is 34.5 Å². The van der Waals surface area contributed by atoms with Gasteiger partial charge in [0.25, 0.3) is 0 Å². The van der Waals surface area contributed by atoms with Crippen LogP contribution in [0.4, 0.5) is 22.1 Å². The molecule has 0 spiro atoms. The molecule has 0 aliphatic carbocycles. The summed E-state index contributed by atoms with van der Waals surface area (Å²) >= 11 is 6.19. The normalized spacial score (nSPS) is 10.4. The number of hydrogen-bond acceptors (Lipinski definition) is 9. The first kappa shape index (κ1) is 25.5. The monoisotopic (exact) mass is 521 g/mol. The predicted molar refractivity (Wildman–Crippen MR) is 141 cm³/mol. The number of aryl methyl sites for hydroxylation is 1. The lowest BCUT2D eigenvalue weighted by Gasteiger charge is -2.15. The van der Waals surface area contributed by atoms with E-state index < -0.39 is 6.03 Å². The molecule has 37 heavy (non-hydrogen) atoms. The van der Waals surface area contributed by atoms with E-state index in [0.717, 1.165) is 5.56 Å². The molecule has 0 saturated heterocycles. The van der Waals surface area contributed by atoms with Gasteiger partial charge in [-0.25, -0.2) is 19.7 Å². The lowest BCUT2D eigenvalue weighted by atomic mass is 10.2. The summed E-state index contributed by atoms with van der Waals surface area (Å²) < 4.78 is 16.6. The number of carbonyl (C=O) groups is 1. The number of aromatic nitrogens is 4. The van der Waals surface area contributed by atoms with E-state index in [4.69, 9.17) is 25.8 Å². The minimum absolute atomic E-state index is 0.334. The van der Waals surface area contributed by atoms with Crippen LogP contribution < -0.4 is 30.2 Å². The maximum absolute atomic E-state index is 12.6. The second kappa shape index (κ2) is 11.4. The summed E-state index contributed by atoms with van der Waals surface area (Å²) in [6.07, 6.45) is 3.03. The van der Waals surface area contributed by atoms with Gasteiger partial charge in [0.1, 0.15) is 23.6 Å². The lowest BCUT2D eigenvalue weighted by Crippen LogP contribution is -2.20. The number of methoxy groups -OCH3 is 2. The topological polar surface area (TPSA) is 132 Å². The van der Waals surface area contributed by atoms with E-state index in [-0.39, 0.29) is 0 Å². The number of ether oxygens (including phenoxy) is 3. The van der Waals surface area contributed by atoms with Gasteiger partial charge in [0, 0.05) is 25.0 Å². The van der Waals surface area contributed by atoms with Gasteiger partial charge in [-0.2, -0.15) is 4.98 Å². The van der Waals surface area contributed by atoms with Crippen molar-refractivity contribution in [2.24, 2.45) is 0 Å². The third kappa shape index (κ3) is 5.96. The Balaban J connectivity index is 1.49. The number of amides is 2. The average molecular weight is 522 g/mol. The Labute approximate surface area is 218 Å². The molecule has 4 rings (SSSR count). The predicted octanol–water partition coefficient (Wildman–Crippen LogP) is 5.39. The fourth-order valence-electron chi connectivity index (χ4n) is 3.38. The minimum atomic E-state index is -0.477. The van der Waals surface area contributed by atoms with Crippen molar-refractivity contribution in [2.75, 3.05) is 37.2 Å². The fourth-order valence-corrected chi connectivity index (χ4v) is 3.62. The van der Waals surface area contributed by atoms with Crippen LogP contribution in [0.5, 0.6) is 23.1 Å². The molecule has 2 amide bonds. The van der Waals surface area contributed by atoms with Crippen molar-refractivity contribution in [1.29, 1.82) is 0 Å². The minimum Gasteiger partial charge on any atom is -0.495 e. The second-order valence-electron chi connectivity index (χ2n) is 7.59. The van der Waals surface area contributed by atoms with E-state index >= 15 is 0 Å². The number of benzene rings is 2. The molecule has 0 aliphatic rings. The molecule has 190 valence electrons. The molecular weight excluding hydrogens is 498 g/mol. The summed E-state index contributed by atoms with van der Waals surface area (Å²) in [6.45, 7) is 1.86. The van der Waals surface area contributed by atoms with Crippen LogP contribution in [-0.4, -0.2) is 47.2 Å². The second-order valence-corrected chi connectivity index (χ2v) is 7.99. The number of urea groups is 1. The molecule has 2 aromatic carbocycles. The molecule has 4 aromatic rings. The number of pyridine rings is 1. The van der Waals surface area contributed by atoms with Gasteiger partial charge in [0.15, 0.2) is 5.82 Å². The van der Waals surface area contributed by atoms with Crippen molar-refractivity contribution in [3.63, 3.8) is 0 Å². The van der Waals surface area contributed by atoms with Crippen LogP contribution in [0, 0.1) is 6.92 Å². The van der Waals surface area contributed by atoms with Gasteiger partial charge in [0.2, 0.25) is 11.8 Å². The Morgan fingerprint density at radius 3 is 2.49 bits per heavy atom. The Kier molecular flexibility index (Phi) is 7.84. The Morgan fingerprint density at radius 1 is 0.946 bits per heavy atom. The van der Waals surface area contributed by atoms with Crippen LogP contribution in [0.2, 0.25) is 5.02 Å². The molecule has 3 N–H and O–H groups in total. The SMILES string of the molecule is CNc1ncnc(-c2cccnc2Oc2ccc(NC(=O)Nc3cc(Cl)c(OC)cc3OC)cc2C)n1. The first-order chi connectivity index (χ1) is 17.9. The molecule has 11 nitrogen and oxygen atoms in total. The quantitative estimate of drug-likeness (QED) is 0.279. The largest absolute Gasteiger partial charge is 0.495 e. The Bertz CT molecular complexity index is 1430.